The van der Waals surface area contributed by atoms with Crippen LogP contribution < -0.4 is 10.6 Å². The van der Waals surface area contributed by atoms with Crippen LogP contribution in [0.3, 0.4) is 0 Å². The lowest BCUT2D eigenvalue weighted by atomic mass is 9.96. The third kappa shape index (κ3) is 4.76. The Labute approximate surface area is 223 Å². The minimum atomic E-state index is -2.53. The molecule has 0 aliphatic heterocycles. The first-order chi connectivity index (χ1) is 18.0. The third-order valence-corrected chi connectivity index (χ3v) is 7.03. The van der Waals surface area contributed by atoms with E-state index in [1.807, 2.05) is 12.1 Å². The summed E-state index contributed by atoms with van der Waals surface area (Å²) in [5.74, 6) is 0. The molecule has 5 rings (SSSR count). The molecule has 1 aromatic carbocycles. The number of benzene rings is 1. The van der Waals surface area contributed by atoms with Crippen molar-refractivity contribution in [3.8, 4) is 6.07 Å². The Kier molecular flexibility index (Phi) is 6.47. The largest absolute Gasteiger partial charge is 0.383 e. The van der Waals surface area contributed by atoms with Crippen LogP contribution in [0.25, 0.3) is 10.9 Å². The molecule has 1 saturated carbocycles. The van der Waals surface area contributed by atoms with Crippen molar-refractivity contribution in [2.75, 3.05) is 17.2 Å². The van der Waals surface area contributed by atoms with Gasteiger partial charge in [-0.05, 0) is 36.5 Å². The van der Waals surface area contributed by atoms with Gasteiger partial charge in [-0.1, -0.05) is 37.6 Å². The molecule has 1 aliphatic rings. The van der Waals surface area contributed by atoms with Gasteiger partial charge in [0.05, 0.1) is 33.7 Å². The summed E-state index contributed by atoms with van der Waals surface area (Å²) in [5, 5.41) is 30.3. The number of nitrogens with zero attached hydrogens (tertiary/aromatic N) is 7. The van der Waals surface area contributed by atoms with Crippen LogP contribution in [0.4, 0.5) is 20.2 Å². The van der Waals surface area contributed by atoms with Crippen LogP contribution >= 0.6 is 11.6 Å². The van der Waals surface area contributed by atoms with Crippen molar-refractivity contribution < 1.29 is 8.78 Å². The van der Waals surface area contributed by atoms with E-state index in [0.717, 1.165) is 5.69 Å². The zero-order valence-electron chi connectivity index (χ0n) is 21.5. The lowest BCUT2D eigenvalue weighted by molar-refractivity contribution is 0.0593. The smallest absolute Gasteiger partial charge is 0.263 e. The first-order valence-electron chi connectivity index (χ1n) is 12.2. The SMILES string of the molecule is Cn1nccc1[C@H](Nc1cc(Cl)c2ncc(C#N)c(NCC(C)(C)C)c2c1)c1cn(C2(C(F)F)CC2)nn1. The molecular formula is C26H28ClF2N9. The number of hydrogen-bond acceptors (Lipinski definition) is 7. The molecule has 38 heavy (non-hydrogen) atoms. The van der Waals surface area contributed by atoms with E-state index in [2.05, 4.69) is 57.9 Å². The van der Waals surface area contributed by atoms with Gasteiger partial charge in [0.15, 0.2) is 0 Å². The third-order valence-electron chi connectivity index (χ3n) is 6.74. The van der Waals surface area contributed by atoms with Crippen molar-refractivity contribution in [3.05, 3.63) is 58.8 Å². The highest BCUT2D eigenvalue weighted by Gasteiger charge is 2.54. The summed E-state index contributed by atoms with van der Waals surface area (Å²) in [6, 6.07) is 7.09. The van der Waals surface area contributed by atoms with Gasteiger partial charge in [0.25, 0.3) is 6.43 Å². The molecule has 3 aromatic heterocycles. The molecule has 0 unspecified atom stereocenters. The summed E-state index contributed by atoms with van der Waals surface area (Å²) < 4.78 is 30.4. The summed E-state index contributed by atoms with van der Waals surface area (Å²) in [5.41, 5.74) is 2.14. The second-order valence-corrected chi connectivity index (χ2v) is 11.3. The number of halogens is 3. The topological polar surface area (TPSA) is 109 Å². The van der Waals surface area contributed by atoms with Gasteiger partial charge in [0, 0.05) is 37.1 Å². The number of aryl methyl sites for hydroxylation is 1. The monoisotopic (exact) mass is 539 g/mol. The predicted molar refractivity (Wildman–Crippen MR) is 141 cm³/mol. The van der Waals surface area contributed by atoms with Gasteiger partial charge in [-0.3, -0.25) is 9.67 Å². The number of nitriles is 1. The Morgan fingerprint density at radius 1 is 1.26 bits per heavy atom. The molecule has 1 fully saturated rings. The highest BCUT2D eigenvalue weighted by Crippen LogP contribution is 2.48. The quantitative estimate of drug-likeness (QED) is 0.304. The number of pyridine rings is 1. The Balaban J connectivity index is 1.57. The van der Waals surface area contributed by atoms with Crippen LogP contribution in [0.2, 0.25) is 5.02 Å². The molecule has 9 nitrogen and oxygen atoms in total. The minimum Gasteiger partial charge on any atom is -0.383 e. The molecule has 0 bridgehead atoms. The fraction of sp³-hybridized carbons (Fsp3) is 0.423. The van der Waals surface area contributed by atoms with Gasteiger partial charge < -0.3 is 10.6 Å². The molecule has 0 radical (unpaired) electrons. The predicted octanol–water partition coefficient (Wildman–Crippen LogP) is 5.50. The van der Waals surface area contributed by atoms with Crippen molar-refractivity contribution in [1.82, 2.24) is 29.8 Å². The number of rotatable bonds is 8. The molecule has 0 spiro atoms. The first-order valence-corrected chi connectivity index (χ1v) is 12.6. The Morgan fingerprint density at radius 3 is 2.63 bits per heavy atom. The van der Waals surface area contributed by atoms with Gasteiger partial charge in [-0.2, -0.15) is 10.4 Å². The molecule has 1 atom stereocenters. The van der Waals surface area contributed by atoms with Crippen LogP contribution in [0.15, 0.2) is 36.8 Å². The van der Waals surface area contributed by atoms with E-state index in [9.17, 15) is 14.0 Å². The zero-order chi connectivity index (χ0) is 27.2. The lowest BCUT2D eigenvalue weighted by Crippen LogP contribution is -2.26. The number of nitrogens with one attached hydrogen (secondary N) is 2. The number of hydrogen-bond donors (Lipinski definition) is 2. The molecule has 12 heteroatoms. The van der Waals surface area contributed by atoms with Crippen molar-refractivity contribution >= 4 is 33.9 Å². The average molecular weight is 540 g/mol. The molecule has 3 heterocycles. The summed E-state index contributed by atoms with van der Waals surface area (Å²) >= 11 is 6.67. The van der Waals surface area contributed by atoms with Crippen LogP contribution in [-0.2, 0) is 12.6 Å². The first kappa shape index (κ1) is 25.9. The van der Waals surface area contributed by atoms with E-state index in [0.29, 0.717) is 57.9 Å². The number of fused-ring (bicyclic) bond motifs is 1. The molecule has 0 amide bonds. The summed E-state index contributed by atoms with van der Waals surface area (Å²) in [6.45, 7) is 6.92. The normalized spacial score (nSPS) is 15.4. The molecule has 4 aromatic rings. The van der Waals surface area contributed by atoms with E-state index in [1.165, 1.54) is 10.9 Å². The highest BCUT2D eigenvalue weighted by molar-refractivity contribution is 6.35. The van der Waals surface area contributed by atoms with Crippen molar-refractivity contribution in [1.29, 1.82) is 5.26 Å². The second kappa shape index (κ2) is 9.51. The second-order valence-electron chi connectivity index (χ2n) is 10.9. The van der Waals surface area contributed by atoms with E-state index in [1.54, 1.807) is 30.2 Å². The zero-order valence-corrected chi connectivity index (χ0v) is 22.3. The molecular weight excluding hydrogens is 512 g/mol. The number of alkyl halides is 2. The molecule has 0 saturated heterocycles. The van der Waals surface area contributed by atoms with Crippen LogP contribution in [0.5, 0.6) is 0 Å². The van der Waals surface area contributed by atoms with Crippen LogP contribution in [-0.4, -0.2) is 42.7 Å². The Bertz CT molecular complexity index is 1530. The maximum absolute atomic E-state index is 13.7. The number of anilines is 2. The van der Waals surface area contributed by atoms with E-state index in [-0.39, 0.29) is 5.41 Å². The summed E-state index contributed by atoms with van der Waals surface area (Å²) in [7, 11) is 1.79. The summed E-state index contributed by atoms with van der Waals surface area (Å²) in [4.78, 5) is 4.42. The number of aromatic nitrogens is 6. The van der Waals surface area contributed by atoms with Crippen LogP contribution in [0.1, 0.15) is 56.6 Å². The highest BCUT2D eigenvalue weighted by atomic mass is 35.5. The average Bonchev–Trinajstić information content (AvgIpc) is 3.33. The summed E-state index contributed by atoms with van der Waals surface area (Å²) in [6.07, 6.45) is 2.92. The van der Waals surface area contributed by atoms with Crippen molar-refractivity contribution in [2.24, 2.45) is 12.5 Å². The van der Waals surface area contributed by atoms with E-state index >= 15 is 0 Å². The van der Waals surface area contributed by atoms with Crippen molar-refractivity contribution in [2.45, 2.75) is 51.6 Å². The maximum Gasteiger partial charge on any atom is 0.263 e. The van der Waals surface area contributed by atoms with Gasteiger partial charge in [-0.15, -0.1) is 5.10 Å². The lowest BCUT2D eigenvalue weighted by Gasteiger charge is -2.22. The van der Waals surface area contributed by atoms with Gasteiger partial charge in [0.1, 0.15) is 23.3 Å². The molecule has 1 aliphatic carbocycles. The standard InChI is InChI=1S/C26H28ClF2N9/c1-25(2,3)14-32-21-15(11-30)12-31-22-17(21)9-16(10-18(22)27)34-23(20-5-8-33-37(20)4)19-13-38(36-35-19)26(6-7-26)24(28)29/h5,8-10,12-13,23-24,34H,6-7,14H2,1-4H3,(H,31,32)/t23-/m1/s1. The van der Waals surface area contributed by atoms with Crippen molar-refractivity contribution in [3.63, 3.8) is 0 Å². The maximum atomic E-state index is 13.7. The molecule has 198 valence electrons. The minimum absolute atomic E-state index is 0.0322. The van der Waals surface area contributed by atoms with E-state index in [4.69, 9.17) is 11.6 Å². The Morgan fingerprint density at radius 2 is 2.03 bits per heavy atom. The van der Waals surface area contributed by atoms with Gasteiger partial charge in [0.2, 0.25) is 0 Å². The molecule has 2 N–H and O–H groups in total. The van der Waals surface area contributed by atoms with Gasteiger partial charge in [-0.25, -0.2) is 13.5 Å². The fourth-order valence-electron chi connectivity index (χ4n) is 4.41. The van der Waals surface area contributed by atoms with Crippen LogP contribution in [0, 0.1) is 16.7 Å². The Hall–Kier alpha value is -3.78. The van der Waals surface area contributed by atoms with Gasteiger partial charge >= 0.3 is 0 Å². The fourth-order valence-corrected chi connectivity index (χ4v) is 4.68. The van der Waals surface area contributed by atoms with E-state index < -0.39 is 18.0 Å².